The monoisotopic (exact) mass is 386 g/mol. The Balaban J connectivity index is 1.72. The minimum Gasteiger partial charge on any atom is -0.481 e. The summed E-state index contributed by atoms with van der Waals surface area (Å²) in [4.78, 5) is 24.0. The highest BCUT2D eigenvalue weighted by atomic mass is 32.2. The van der Waals surface area contributed by atoms with Crippen molar-refractivity contribution >= 4 is 23.6 Å². The minimum absolute atomic E-state index is 0.250. The zero-order chi connectivity index (χ0) is 19.8. The largest absolute Gasteiger partial charge is 0.481 e. The van der Waals surface area contributed by atoms with Crippen LogP contribution in [0, 0.1) is 20.8 Å². The topological polar surface area (TPSA) is 67.4 Å². The molecule has 0 fully saturated rings. The zero-order valence-corrected chi connectivity index (χ0v) is 17.0. The number of carbonyl (C=O) groups excluding carboxylic acids is 2. The molecule has 1 unspecified atom stereocenters. The maximum Gasteiger partial charge on any atom is 0.279 e. The van der Waals surface area contributed by atoms with Crippen LogP contribution < -0.4 is 15.6 Å². The van der Waals surface area contributed by atoms with Crippen LogP contribution in [0.1, 0.15) is 29.2 Å². The summed E-state index contributed by atoms with van der Waals surface area (Å²) in [7, 11) is 0. The van der Waals surface area contributed by atoms with Gasteiger partial charge in [-0.05, 0) is 50.5 Å². The Morgan fingerprint density at radius 3 is 2.56 bits per heavy atom. The number of rotatable bonds is 7. The zero-order valence-electron chi connectivity index (χ0n) is 16.2. The predicted molar refractivity (Wildman–Crippen MR) is 110 cm³/mol. The van der Waals surface area contributed by atoms with Crippen LogP contribution in [0.5, 0.6) is 5.75 Å². The Morgan fingerprint density at radius 1 is 1.07 bits per heavy atom. The van der Waals surface area contributed by atoms with E-state index in [1.54, 1.807) is 6.92 Å². The lowest BCUT2D eigenvalue weighted by Crippen LogP contribution is -2.47. The molecule has 2 N–H and O–H groups in total. The number of carbonyl (C=O) groups is 2. The molecule has 0 saturated heterocycles. The maximum absolute atomic E-state index is 12.1. The second-order valence-electron chi connectivity index (χ2n) is 6.48. The fourth-order valence-electron chi connectivity index (χ4n) is 2.43. The Labute approximate surface area is 164 Å². The van der Waals surface area contributed by atoms with Crippen molar-refractivity contribution < 1.29 is 14.3 Å². The van der Waals surface area contributed by atoms with Crippen molar-refractivity contribution in [2.45, 2.75) is 39.6 Å². The molecule has 0 spiro atoms. The lowest BCUT2D eigenvalue weighted by molar-refractivity contribution is -0.131. The SMILES string of the molecule is Cc1cccc(CSCC(=O)NNC(=O)C(C)Oc2cccc(C)c2C)c1. The van der Waals surface area contributed by atoms with Crippen LogP contribution in [0.4, 0.5) is 0 Å². The van der Waals surface area contributed by atoms with Gasteiger partial charge in [0.25, 0.3) is 5.91 Å². The van der Waals surface area contributed by atoms with Crippen molar-refractivity contribution in [3.63, 3.8) is 0 Å². The van der Waals surface area contributed by atoms with Crippen LogP contribution in [0.25, 0.3) is 0 Å². The van der Waals surface area contributed by atoms with E-state index in [1.807, 2.05) is 57.2 Å². The van der Waals surface area contributed by atoms with Crippen LogP contribution in [-0.4, -0.2) is 23.7 Å². The molecule has 0 bridgehead atoms. The molecule has 0 aliphatic carbocycles. The second-order valence-corrected chi connectivity index (χ2v) is 7.46. The summed E-state index contributed by atoms with van der Waals surface area (Å²) < 4.78 is 5.70. The molecule has 0 aromatic heterocycles. The number of nitrogens with one attached hydrogen (secondary N) is 2. The number of amides is 2. The molecule has 27 heavy (non-hydrogen) atoms. The molecule has 1 atom stereocenters. The Kier molecular flexibility index (Phi) is 7.73. The lowest BCUT2D eigenvalue weighted by Gasteiger charge is -2.17. The molecule has 6 heteroatoms. The summed E-state index contributed by atoms with van der Waals surface area (Å²) in [6, 6.07) is 13.9. The fraction of sp³-hybridized carbons (Fsp3) is 0.333. The first kappa shape index (κ1) is 20.8. The molecule has 2 amide bonds. The maximum atomic E-state index is 12.1. The van der Waals surface area contributed by atoms with Gasteiger partial charge in [-0.1, -0.05) is 42.0 Å². The quantitative estimate of drug-likeness (QED) is 0.715. The molecular weight excluding hydrogens is 360 g/mol. The highest BCUT2D eigenvalue weighted by Crippen LogP contribution is 2.21. The molecule has 2 aromatic carbocycles. The average Bonchev–Trinajstić information content (AvgIpc) is 2.63. The van der Waals surface area contributed by atoms with Crippen LogP contribution >= 0.6 is 11.8 Å². The first-order valence-corrected chi connectivity index (χ1v) is 9.97. The second kappa shape index (κ2) is 10.0. The summed E-state index contributed by atoms with van der Waals surface area (Å²) in [5, 5.41) is 0. The van der Waals surface area contributed by atoms with Crippen LogP contribution in [0.2, 0.25) is 0 Å². The van der Waals surface area contributed by atoms with E-state index in [4.69, 9.17) is 4.74 Å². The van der Waals surface area contributed by atoms with E-state index < -0.39 is 12.0 Å². The molecule has 5 nitrogen and oxygen atoms in total. The van der Waals surface area contributed by atoms with Crippen molar-refractivity contribution in [2.75, 3.05) is 5.75 Å². The smallest absolute Gasteiger partial charge is 0.279 e. The van der Waals surface area contributed by atoms with Crippen LogP contribution in [0.3, 0.4) is 0 Å². The van der Waals surface area contributed by atoms with Crippen LogP contribution in [-0.2, 0) is 15.3 Å². The van der Waals surface area contributed by atoms with Gasteiger partial charge in [0.2, 0.25) is 5.91 Å². The van der Waals surface area contributed by atoms with E-state index >= 15 is 0 Å². The van der Waals surface area contributed by atoms with E-state index in [0.717, 1.165) is 16.9 Å². The Bertz CT molecular complexity index is 808. The summed E-state index contributed by atoms with van der Waals surface area (Å²) in [5.41, 5.74) is 9.31. The number of hydrazine groups is 1. The summed E-state index contributed by atoms with van der Waals surface area (Å²) in [5.74, 6) is 1.03. The first-order chi connectivity index (χ1) is 12.9. The number of hydrogen-bond acceptors (Lipinski definition) is 4. The van der Waals surface area contributed by atoms with Gasteiger partial charge in [-0.15, -0.1) is 11.8 Å². The van der Waals surface area contributed by atoms with Gasteiger partial charge in [0.1, 0.15) is 5.75 Å². The van der Waals surface area contributed by atoms with Gasteiger partial charge in [-0.2, -0.15) is 0 Å². The highest BCUT2D eigenvalue weighted by molar-refractivity contribution is 7.99. The normalized spacial score (nSPS) is 11.6. The number of aryl methyl sites for hydroxylation is 2. The number of benzene rings is 2. The number of hydrogen-bond donors (Lipinski definition) is 2. The van der Waals surface area contributed by atoms with Crippen molar-refractivity contribution in [3.05, 3.63) is 64.7 Å². The van der Waals surface area contributed by atoms with Gasteiger partial charge in [0, 0.05) is 5.75 Å². The first-order valence-electron chi connectivity index (χ1n) is 8.81. The van der Waals surface area contributed by atoms with Crippen molar-refractivity contribution in [1.82, 2.24) is 10.9 Å². The summed E-state index contributed by atoms with van der Waals surface area (Å²) in [6.45, 7) is 7.62. The molecule has 0 aliphatic rings. The van der Waals surface area contributed by atoms with Gasteiger partial charge in [-0.25, -0.2) is 0 Å². The predicted octanol–water partition coefficient (Wildman–Crippen LogP) is 3.46. The van der Waals surface area contributed by atoms with Crippen molar-refractivity contribution in [2.24, 2.45) is 0 Å². The van der Waals surface area contributed by atoms with Crippen molar-refractivity contribution in [3.8, 4) is 5.75 Å². The molecule has 0 heterocycles. The Hall–Kier alpha value is -2.47. The molecule has 144 valence electrons. The standard InChI is InChI=1S/C21H26N2O3S/c1-14-7-5-9-18(11-14)12-27-13-20(24)22-23-21(25)17(4)26-19-10-6-8-15(2)16(19)3/h5-11,17H,12-13H2,1-4H3,(H,22,24)(H,23,25). The van der Waals surface area contributed by atoms with Crippen molar-refractivity contribution in [1.29, 1.82) is 0 Å². The summed E-state index contributed by atoms with van der Waals surface area (Å²) in [6.07, 6.45) is -0.717. The van der Waals surface area contributed by atoms with E-state index in [0.29, 0.717) is 5.75 Å². The Morgan fingerprint density at radius 2 is 1.81 bits per heavy atom. The van der Waals surface area contributed by atoms with Gasteiger partial charge in [0.05, 0.1) is 5.75 Å². The summed E-state index contributed by atoms with van der Waals surface area (Å²) >= 11 is 1.49. The third-order valence-corrected chi connectivity index (χ3v) is 5.14. The molecular formula is C21H26N2O3S. The van der Waals surface area contributed by atoms with E-state index in [-0.39, 0.29) is 11.7 Å². The fourth-order valence-corrected chi connectivity index (χ4v) is 3.20. The van der Waals surface area contributed by atoms with E-state index in [1.165, 1.54) is 22.9 Å². The highest BCUT2D eigenvalue weighted by Gasteiger charge is 2.16. The minimum atomic E-state index is -0.717. The van der Waals surface area contributed by atoms with E-state index in [2.05, 4.69) is 16.9 Å². The average molecular weight is 387 g/mol. The molecule has 2 aromatic rings. The van der Waals surface area contributed by atoms with E-state index in [9.17, 15) is 9.59 Å². The number of ether oxygens (including phenoxy) is 1. The molecule has 2 rings (SSSR count). The molecule has 0 aliphatic heterocycles. The van der Waals surface area contributed by atoms with Gasteiger partial charge < -0.3 is 4.74 Å². The third-order valence-electron chi connectivity index (χ3n) is 4.14. The van der Waals surface area contributed by atoms with Gasteiger partial charge in [-0.3, -0.25) is 20.4 Å². The van der Waals surface area contributed by atoms with Gasteiger partial charge in [0.15, 0.2) is 6.10 Å². The molecule has 0 saturated carbocycles. The third kappa shape index (κ3) is 6.64. The van der Waals surface area contributed by atoms with Crippen LogP contribution in [0.15, 0.2) is 42.5 Å². The number of thioether (sulfide) groups is 1. The molecule has 0 radical (unpaired) electrons. The van der Waals surface area contributed by atoms with Gasteiger partial charge >= 0.3 is 0 Å². The lowest BCUT2D eigenvalue weighted by atomic mass is 10.1.